The van der Waals surface area contributed by atoms with Crippen molar-refractivity contribution in [3.8, 4) is 5.75 Å². The number of benzene rings is 3. The number of piperazine rings is 1. The van der Waals surface area contributed by atoms with Crippen molar-refractivity contribution in [3.63, 3.8) is 0 Å². The third-order valence-corrected chi connectivity index (χ3v) is 8.20. The molecule has 0 atom stereocenters. The predicted molar refractivity (Wildman–Crippen MR) is 177 cm³/mol. The van der Waals surface area contributed by atoms with Crippen LogP contribution < -0.4 is 30.5 Å². The van der Waals surface area contributed by atoms with Gasteiger partial charge in [-0.2, -0.15) is 0 Å². The number of carbonyl (C=O) groups excluding carboxylic acids is 2. The second kappa shape index (κ2) is 14.9. The van der Waals surface area contributed by atoms with Crippen LogP contribution in [-0.2, 0) is 4.74 Å². The molecule has 3 aromatic rings. The summed E-state index contributed by atoms with van der Waals surface area (Å²) >= 11 is 0. The number of nitrogens with zero attached hydrogens (tertiary/aromatic N) is 3. The molecule has 3 aromatic carbocycles. The molecule has 0 saturated carbocycles. The molecule has 10 nitrogen and oxygen atoms in total. The molecule has 2 heterocycles. The molecule has 10 heteroatoms. The molecule has 5 rings (SSSR count). The summed E-state index contributed by atoms with van der Waals surface area (Å²) in [6.07, 6.45) is 0. The van der Waals surface area contributed by atoms with Crippen LogP contribution in [0.15, 0.2) is 66.7 Å². The van der Waals surface area contributed by atoms with E-state index in [1.807, 2.05) is 54.6 Å². The van der Waals surface area contributed by atoms with Crippen LogP contribution >= 0.6 is 0 Å². The molecule has 2 saturated heterocycles. The summed E-state index contributed by atoms with van der Waals surface area (Å²) in [7, 11) is 1.69. The van der Waals surface area contributed by atoms with E-state index >= 15 is 0 Å². The zero-order valence-electron chi connectivity index (χ0n) is 26.0. The Morgan fingerprint density at radius 3 is 2.14 bits per heavy atom. The maximum absolute atomic E-state index is 13.6. The SMILES string of the molecule is COc1ccccc1N1CCN(c2ccc(NC(=O)Nc3ccc(C(C)C)cc3)cc2C(=O)NCCN2CCOCC2)CC1. The zero-order valence-corrected chi connectivity index (χ0v) is 26.0. The van der Waals surface area contributed by atoms with E-state index in [0.717, 1.165) is 76.2 Å². The van der Waals surface area contributed by atoms with Gasteiger partial charge >= 0.3 is 6.03 Å². The van der Waals surface area contributed by atoms with Gasteiger partial charge in [-0.25, -0.2) is 4.79 Å². The van der Waals surface area contributed by atoms with Crippen molar-refractivity contribution in [3.05, 3.63) is 77.9 Å². The maximum Gasteiger partial charge on any atom is 0.323 e. The number of carbonyl (C=O) groups is 2. The van der Waals surface area contributed by atoms with Gasteiger partial charge in [-0.1, -0.05) is 38.1 Å². The molecule has 2 aliphatic rings. The van der Waals surface area contributed by atoms with Crippen LogP contribution in [0.5, 0.6) is 5.75 Å². The van der Waals surface area contributed by atoms with Gasteiger partial charge in [0.1, 0.15) is 5.75 Å². The molecule has 44 heavy (non-hydrogen) atoms. The Balaban J connectivity index is 1.28. The number of hydrogen-bond donors (Lipinski definition) is 3. The molecule has 2 aliphatic heterocycles. The number of morpholine rings is 1. The Bertz CT molecular complexity index is 1400. The molecular formula is C34H44N6O4. The molecule has 0 aromatic heterocycles. The van der Waals surface area contributed by atoms with Gasteiger partial charge in [-0.15, -0.1) is 0 Å². The number of para-hydroxylation sites is 2. The van der Waals surface area contributed by atoms with Crippen LogP contribution in [-0.4, -0.2) is 89.5 Å². The molecule has 0 unspecified atom stereocenters. The first-order chi connectivity index (χ1) is 21.4. The summed E-state index contributed by atoms with van der Waals surface area (Å²) in [6, 6.07) is 21.1. The number of urea groups is 1. The van der Waals surface area contributed by atoms with Crippen molar-refractivity contribution < 1.29 is 19.1 Å². The van der Waals surface area contributed by atoms with E-state index in [1.165, 1.54) is 5.56 Å². The lowest BCUT2D eigenvalue weighted by Gasteiger charge is -2.38. The Labute approximate surface area is 260 Å². The fourth-order valence-corrected chi connectivity index (χ4v) is 5.64. The first-order valence-corrected chi connectivity index (χ1v) is 15.4. The number of nitrogens with one attached hydrogen (secondary N) is 3. The predicted octanol–water partition coefficient (Wildman–Crippen LogP) is 4.85. The maximum atomic E-state index is 13.6. The summed E-state index contributed by atoms with van der Waals surface area (Å²) in [6.45, 7) is 11.8. The number of amides is 3. The van der Waals surface area contributed by atoms with E-state index in [0.29, 0.717) is 29.4 Å². The van der Waals surface area contributed by atoms with Crippen molar-refractivity contribution in [1.82, 2.24) is 10.2 Å². The van der Waals surface area contributed by atoms with Gasteiger partial charge in [-0.05, 0) is 53.9 Å². The lowest BCUT2D eigenvalue weighted by Crippen LogP contribution is -2.47. The van der Waals surface area contributed by atoms with Gasteiger partial charge in [0.15, 0.2) is 0 Å². The van der Waals surface area contributed by atoms with Crippen LogP contribution in [0.3, 0.4) is 0 Å². The standard InChI is InChI=1S/C34H44N6O4/c1-25(2)26-8-10-27(11-9-26)36-34(42)37-28-12-13-30(29(24-28)33(41)35-14-15-38-20-22-44-23-21-38)39-16-18-40(19-17-39)31-6-4-5-7-32(31)43-3/h4-13,24-25H,14-23H2,1-3H3,(H,35,41)(H2,36,37,42). The monoisotopic (exact) mass is 600 g/mol. The highest BCUT2D eigenvalue weighted by atomic mass is 16.5. The lowest BCUT2D eigenvalue weighted by atomic mass is 10.0. The summed E-state index contributed by atoms with van der Waals surface area (Å²) in [4.78, 5) is 33.3. The molecule has 0 bridgehead atoms. The Kier molecular flexibility index (Phi) is 10.6. The first kappa shape index (κ1) is 31.2. The molecule has 234 valence electrons. The zero-order chi connectivity index (χ0) is 30.9. The number of anilines is 4. The molecule has 3 amide bonds. The highest BCUT2D eigenvalue weighted by molar-refractivity contribution is 6.04. The van der Waals surface area contributed by atoms with Gasteiger partial charge in [0, 0.05) is 69.4 Å². The minimum atomic E-state index is -0.362. The summed E-state index contributed by atoms with van der Waals surface area (Å²) < 4.78 is 11.0. The van der Waals surface area contributed by atoms with Crippen molar-refractivity contribution in [1.29, 1.82) is 0 Å². The van der Waals surface area contributed by atoms with E-state index in [9.17, 15) is 9.59 Å². The van der Waals surface area contributed by atoms with Crippen LogP contribution in [0.25, 0.3) is 0 Å². The van der Waals surface area contributed by atoms with Gasteiger partial charge in [0.25, 0.3) is 5.91 Å². The van der Waals surface area contributed by atoms with Gasteiger partial charge in [0.05, 0.1) is 31.6 Å². The average Bonchev–Trinajstić information content (AvgIpc) is 3.05. The largest absolute Gasteiger partial charge is 0.495 e. The van der Waals surface area contributed by atoms with Gasteiger partial charge in [-0.3, -0.25) is 9.69 Å². The minimum absolute atomic E-state index is 0.159. The fourth-order valence-electron chi connectivity index (χ4n) is 5.64. The highest BCUT2D eigenvalue weighted by Crippen LogP contribution is 2.31. The summed E-state index contributed by atoms with van der Waals surface area (Å²) in [5.41, 5.74) is 4.92. The van der Waals surface area contributed by atoms with Crippen LogP contribution in [0.4, 0.5) is 27.5 Å². The van der Waals surface area contributed by atoms with E-state index in [-0.39, 0.29) is 11.9 Å². The summed E-state index contributed by atoms with van der Waals surface area (Å²) in [5, 5.41) is 8.91. The molecule has 2 fully saturated rings. The second-order valence-electron chi connectivity index (χ2n) is 11.4. The molecular weight excluding hydrogens is 556 g/mol. The molecule has 0 radical (unpaired) electrons. The normalized spacial score (nSPS) is 15.6. The fraction of sp³-hybridized carbons (Fsp3) is 0.412. The lowest BCUT2D eigenvalue weighted by molar-refractivity contribution is 0.0383. The van der Waals surface area contributed by atoms with Crippen LogP contribution in [0.1, 0.15) is 35.7 Å². The van der Waals surface area contributed by atoms with Crippen molar-refractivity contribution >= 4 is 34.7 Å². The molecule has 0 spiro atoms. The quantitative estimate of drug-likeness (QED) is 0.306. The smallest absolute Gasteiger partial charge is 0.323 e. The topological polar surface area (TPSA) is 98.4 Å². The van der Waals surface area contributed by atoms with E-state index in [1.54, 1.807) is 13.2 Å². The number of methoxy groups -OCH3 is 1. The summed E-state index contributed by atoms with van der Waals surface area (Å²) in [5.74, 6) is 1.11. The highest BCUT2D eigenvalue weighted by Gasteiger charge is 2.24. The third kappa shape index (κ3) is 8.00. The number of ether oxygens (including phenoxy) is 2. The third-order valence-electron chi connectivity index (χ3n) is 8.20. The Morgan fingerprint density at radius 2 is 1.45 bits per heavy atom. The van der Waals surface area contributed by atoms with Gasteiger partial charge < -0.3 is 35.2 Å². The van der Waals surface area contributed by atoms with E-state index in [4.69, 9.17) is 9.47 Å². The van der Waals surface area contributed by atoms with Gasteiger partial charge in [0.2, 0.25) is 0 Å². The first-order valence-electron chi connectivity index (χ1n) is 15.4. The van der Waals surface area contributed by atoms with Crippen molar-refractivity contribution in [2.45, 2.75) is 19.8 Å². The Hall–Kier alpha value is -4.28. The average molecular weight is 601 g/mol. The van der Waals surface area contributed by atoms with Crippen molar-refractivity contribution in [2.24, 2.45) is 0 Å². The minimum Gasteiger partial charge on any atom is -0.495 e. The van der Waals surface area contributed by atoms with Crippen molar-refractivity contribution in [2.75, 3.05) is 93.1 Å². The Morgan fingerprint density at radius 1 is 0.818 bits per heavy atom. The van der Waals surface area contributed by atoms with E-state index in [2.05, 4.69) is 50.6 Å². The van der Waals surface area contributed by atoms with Crippen LogP contribution in [0.2, 0.25) is 0 Å². The second-order valence-corrected chi connectivity index (χ2v) is 11.4. The van der Waals surface area contributed by atoms with E-state index < -0.39 is 0 Å². The number of rotatable bonds is 10. The molecule has 3 N–H and O–H groups in total. The molecule has 0 aliphatic carbocycles. The number of hydrogen-bond acceptors (Lipinski definition) is 7. The van der Waals surface area contributed by atoms with Crippen LogP contribution in [0, 0.1) is 0 Å².